The molecule has 0 fully saturated rings. The van der Waals surface area contributed by atoms with Crippen molar-refractivity contribution in [3.8, 4) is 0 Å². The van der Waals surface area contributed by atoms with Gasteiger partial charge < -0.3 is 4.74 Å². The van der Waals surface area contributed by atoms with Crippen LogP contribution in [0.5, 0.6) is 0 Å². The van der Waals surface area contributed by atoms with Gasteiger partial charge >= 0.3 is 0 Å². The van der Waals surface area contributed by atoms with Crippen molar-refractivity contribution >= 4 is 34.4 Å². The lowest BCUT2D eigenvalue weighted by Crippen LogP contribution is -1.95. The van der Waals surface area contributed by atoms with Gasteiger partial charge in [-0.2, -0.15) is 0 Å². The second-order valence-corrected chi connectivity index (χ2v) is 4.43. The minimum atomic E-state index is 0.621. The van der Waals surface area contributed by atoms with Crippen LogP contribution in [-0.2, 0) is 4.74 Å². The largest absolute Gasteiger partial charge is 0.479 e. The fourth-order valence-electron chi connectivity index (χ4n) is 1.02. The topological polar surface area (TPSA) is 9.23 Å². The molecule has 1 aromatic rings. The molecular formula is C12H14OS2. The molecule has 80 valence electrons. The summed E-state index contributed by atoms with van der Waals surface area (Å²) in [5, 5.41) is 0. The number of hydrogen-bond donors (Lipinski definition) is 0. The highest BCUT2D eigenvalue weighted by Gasteiger charge is 1.93. The Morgan fingerprint density at radius 2 is 2.13 bits per heavy atom. The highest BCUT2D eigenvalue weighted by molar-refractivity contribution is 8.22. The van der Waals surface area contributed by atoms with Crippen molar-refractivity contribution in [2.45, 2.75) is 6.92 Å². The van der Waals surface area contributed by atoms with Crippen LogP contribution in [0.3, 0.4) is 0 Å². The predicted octanol–water partition coefficient (Wildman–Crippen LogP) is 3.75. The summed E-state index contributed by atoms with van der Waals surface area (Å²) in [5.41, 5.74) is 1.21. The summed E-state index contributed by atoms with van der Waals surface area (Å²) in [5.74, 6) is 0.855. The summed E-state index contributed by atoms with van der Waals surface area (Å²) in [7, 11) is 0. The van der Waals surface area contributed by atoms with Gasteiger partial charge in [0.15, 0.2) is 0 Å². The van der Waals surface area contributed by atoms with Crippen LogP contribution in [0.25, 0.3) is 6.08 Å². The van der Waals surface area contributed by atoms with E-state index in [0.29, 0.717) is 11.0 Å². The van der Waals surface area contributed by atoms with E-state index < -0.39 is 0 Å². The molecule has 0 aliphatic rings. The fourth-order valence-corrected chi connectivity index (χ4v) is 1.88. The van der Waals surface area contributed by atoms with Crippen molar-refractivity contribution in [2.24, 2.45) is 0 Å². The van der Waals surface area contributed by atoms with Crippen LogP contribution in [0.1, 0.15) is 12.5 Å². The number of ether oxygens (including phenoxy) is 1. The molecule has 0 saturated heterocycles. The van der Waals surface area contributed by atoms with Crippen LogP contribution >= 0.6 is 24.0 Å². The van der Waals surface area contributed by atoms with Crippen LogP contribution < -0.4 is 0 Å². The lowest BCUT2D eigenvalue weighted by Gasteiger charge is -2.00. The van der Waals surface area contributed by atoms with E-state index >= 15 is 0 Å². The highest BCUT2D eigenvalue weighted by Crippen LogP contribution is 2.08. The van der Waals surface area contributed by atoms with E-state index in [1.54, 1.807) is 11.8 Å². The number of benzene rings is 1. The molecule has 0 heterocycles. The summed E-state index contributed by atoms with van der Waals surface area (Å²) < 4.78 is 5.78. The lowest BCUT2D eigenvalue weighted by molar-refractivity contribution is 0.346. The van der Waals surface area contributed by atoms with Gasteiger partial charge in [0.2, 0.25) is 4.38 Å². The van der Waals surface area contributed by atoms with Gasteiger partial charge in [0.1, 0.15) is 0 Å². The molecule has 0 unspecified atom stereocenters. The van der Waals surface area contributed by atoms with Crippen LogP contribution in [-0.4, -0.2) is 16.7 Å². The summed E-state index contributed by atoms with van der Waals surface area (Å²) in [6.45, 7) is 2.58. The van der Waals surface area contributed by atoms with Gasteiger partial charge in [0.25, 0.3) is 0 Å². The number of hydrogen-bond acceptors (Lipinski definition) is 3. The van der Waals surface area contributed by atoms with Crippen molar-refractivity contribution in [1.82, 2.24) is 0 Å². The van der Waals surface area contributed by atoms with Crippen molar-refractivity contribution in [3.05, 3.63) is 42.0 Å². The first-order valence-electron chi connectivity index (χ1n) is 4.84. The van der Waals surface area contributed by atoms with Gasteiger partial charge in [-0.3, -0.25) is 0 Å². The molecule has 1 rings (SSSR count). The predicted molar refractivity (Wildman–Crippen MR) is 72.2 cm³/mol. The Morgan fingerprint density at radius 1 is 1.40 bits per heavy atom. The average molecular weight is 238 g/mol. The number of thioether (sulfide) groups is 1. The Hall–Kier alpha value is -0.800. The van der Waals surface area contributed by atoms with Crippen molar-refractivity contribution in [2.75, 3.05) is 12.4 Å². The number of rotatable bonds is 4. The Balaban J connectivity index is 2.26. The van der Waals surface area contributed by atoms with E-state index in [1.165, 1.54) is 5.56 Å². The third-order valence-corrected chi connectivity index (χ3v) is 2.85. The first-order chi connectivity index (χ1) is 7.33. The Bertz CT molecular complexity index is 320. The van der Waals surface area contributed by atoms with Crippen molar-refractivity contribution < 1.29 is 4.74 Å². The summed E-state index contributed by atoms with van der Waals surface area (Å²) >= 11 is 6.53. The molecule has 0 aliphatic carbocycles. The maximum Gasteiger partial charge on any atom is 0.220 e. The van der Waals surface area contributed by atoms with Gasteiger partial charge in [-0.15, -0.1) is 0 Å². The van der Waals surface area contributed by atoms with Gasteiger partial charge in [-0.1, -0.05) is 54.2 Å². The second kappa shape index (κ2) is 7.49. The molecule has 0 spiro atoms. The van der Waals surface area contributed by atoms with Crippen LogP contribution in [0.4, 0.5) is 0 Å². The normalized spacial score (nSPS) is 10.5. The first-order valence-corrected chi connectivity index (χ1v) is 6.23. The van der Waals surface area contributed by atoms with Crippen LogP contribution in [0.15, 0.2) is 36.4 Å². The molecule has 15 heavy (non-hydrogen) atoms. The Kier molecular flexibility index (Phi) is 6.12. The van der Waals surface area contributed by atoms with Crippen LogP contribution in [0, 0.1) is 0 Å². The molecule has 1 aromatic carbocycles. The van der Waals surface area contributed by atoms with Gasteiger partial charge in [0.05, 0.1) is 6.61 Å². The molecule has 0 saturated carbocycles. The molecule has 0 radical (unpaired) electrons. The molecule has 3 heteroatoms. The fraction of sp³-hybridized carbons (Fsp3) is 0.250. The van der Waals surface area contributed by atoms with E-state index in [0.717, 1.165) is 5.75 Å². The second-order valence-electron chi connectivity index (χ2n) is 2.81. The molecule has 0 aromatic heterocycles. The maximum absolute atomic E-state index is 5.15. The molecule has 0 amide bonds. The van der Waals surface area contributed by atoms with Crippen LogP contribution in [0.2, 0.25) is 0 Å². The summed E-state index contributed by atoms with van der Waals surface area (Å²) in [6.07, 6.45) is 4.17. The summed E-state index contributed by atoms with van der Waals surface area (Å²) in [6, 6.07) is 10.2. The zero-order valence-electron chi connectivity index (χ0n) is 8.68. The third-order valence-electron chi connectivity index (χ3n) is 1.67. The Morgan fingerprint density at radius 3 is 2.80 bits per heavy atom. The number of thiocarbonyl (C=S) groups is 1. The molecular weight excluding hydrogens is 224 g/mol. The van der Waals surface area contributed by atoms with Crippen molar-refractivity contribution in [1.29, 1.82) is 0 Å². The molecule has 0 bridgehead atoms. The third kappa shape index (κ3) is 5.60. The first kappa shape index (κ1) is 12.3. The Labute approximate surface area is 101 Å². The SMILES string of the molecule is CCOC(=S)SC/C=C/c1ccccc1. The van der Waals surface area contributed by atoms with Gasteiger partial charge in [0, 0.05) is 5.75 Å². The highest BCUT2D eigenvalue weighted by atomic mass is 32.2. The van der Waals surface area contributed by atoms with E-state index in [4.69, 9.17) is 17.0 Å². The summed E-state index contributed by atoms with van der Waals surface area (Å²) in [4.78, 5) is 0. The monoisotopic (exact) mass is 238 g/mol. The van der Waals surface area contributed by atoms with E-state index in [2.05, 4.69) is 24.3 Å². The van der Waals surface area contributed by atoms with E-state index in [-0.39, 0.29) is 0 Å². The minimum Gasteiger partial charge on any atom is -0.479 e. The average Bonchev–Trinajstić information content (AvgIpc) is 2.26. The van der Waals surface area contributed by atoms with Gasteiger partial charge in [-0.05, 0) is 24.7 Å². The minimum absolute atomic E-state index is 0.621. The molecule has 0 atom stereocenters. The maximum atomic E-state index is 5.15. The molecule has 1 nitrogen and oxygen atoms in total. The lowest BCUT2D eigenvalue weighted by atomic mass is 10.2. The molecule has 0 N–H and O–H groups in total. The standard InChI is InChI=1S/C12H14OS2/c1-2-13-12(14)15-10-6-9-11-7-4-3-5-8-11/h3-9H,2,10H2,1H3/b9-6+. The smallest absolute Gasteiger partial charge is 0.220 e. The quantitative estimate of drug-likeness (QED) is 0.739. The van der Waals surface area contributed by atoms with Crippen molar-refractivity contribution in [3.63, 3.8) is 0 Å². The zero-order valence-corrected chi connectivity index (χ0v) is 10.3. The molecule has 0 aliphatic heterocycles. The van der Waals surface area contributed by atoms with E-state index in [9.17, 15) is 0 Å². The van der Waals surface area contributed by atoms with Gasteiger partial charge in [-0.25, -0.2) is 0 Å². The van der Waals surface area contributed by atoms with E-state index in [1.807, 2.05) is 25.1 Å². The zero-order chi connectivity index (χ0) is 10.9.